The number of hydrogen-bond donors (Lipinski definition) is 0. The normalized spacial score (nSPS) is 21.7. The zero-order chi connectivity index (χ0) is 16.0. The third kappa shape index (κ3) is 3.03. The molecule has 2 rings (SSSR count). The summed E-state index contributed by atoms with van der Waals surface area (Å²) >= 11 is 5.89. The van der Waals surface area contributed by atoms with E-state index in [-0.39, 0.29) is 28.9 Å². The van der Waals surface area contributed by atoms with E-state index in [1.54, 1.807) is 0 Å². The average molecular weight is 348 g/mol. The van der Waals surface area contributed by atoms with Crippen LogP contribution in [0.5, 0.6) is 0 Å². The van der Waals surface area contributed by atoms with Crippen molar-refractivity contribution in [1.29, 1.82) is 0 Å². The molecule has 0 N–H and O–H groups in total. The summed E-state index contributed by atoms with van der Waals surface area (Å²) in [5.74, 6) is 0. The van der Waals surface area contributed by atoms with Gasteiger partial charge >= 0.3 is 6.18 Å². The number of ether oxygens (including phenoxy) is 1. The van der Waals surface area contributed by atoms with Crippen LogP contribution >= 0.6 is 11.6 Å². The van der Waals surface area contributed by atoms with Gasteiger partial charge < -0.3 is 4.74 Å². The van der Waals surface area contributed by atoms with Crippen molar-refractivity contribution in [3.05, 3.63) is 10.8 Å². The number of morpholine rings is 1. The number of aromatic nitrogens is 2. The standard InChI is InChI=1S/C10H13ClF3N3O3S/c1-6-8(9(11)16(2)15-6)21(18,19)17-3-4-20-7(5-17)10(12,13)14/h7H,3-5H2,1-2H3. The summed E-state index contributed by atoms with van der Waals surface area (Å²) in [6.07, 6.45) is -6.76. The summed E-state index contributed by atoms with van der Waals surface area (Å²) in [7, 11) is -2.71. The van der Waals surface area contributed by atoms with Crippen LogP contribution in [0.3, 0.4) is 0 Å². The van der Waals surface area contributed by atoms with Gasteiger partial charge in [0.15, 0.2) is 6.10 Å². The SMILES string of the molecule is Cc1nn(C)c(Cl)c1S(=O)(=O)N1CCOC(C(F)(F)F)C1. The molecule has 21 heavy (non-hydrogen) atoms. The van der Waals surface area contributed by atoms with Crippen LogP contribution in [0.15, 0.2) is 4.90 Å². The average Bonchev–Trinajstić information content (AvgIpc) is 2.62. The van der Waals surface area contributed by atoms with Gasteiger partial charge in [0, 0.05) is 20.1 Å². The largest absolute Gasteiger partial charge is 0.415 e. The van der Waals surface area contributed by atoms with E-state index in [0.29, 0.717) is 0 Å². The van der Waals surface area contributed by atoms with Crippen molar-refractivity contribution in [2.75, 3.05) is 19.7 Å². The van der Waals surface area contributed by atoms with Crippen molar-refractivity contribution < 1.29 is 26.3 Å². The fourth-order valence-corrected chi connectivity index (χ4v) is 4.21. The maximum Gasteiger partial charge on any atom is 0.415 e. The molecule has 1 atom stereocenters. The second kappa shape index (κ2) is 5.41. The van der Waals surface area contributed by atoms with Crippen LogP contribution < -0.4 is 0 Å². The molecule has 1 aromatic rings. The van der Waals surface area contributed by atoms with Crippen LogP contribution in [0, 0.1) is 6.92 Å². The number of sulfonamides is 1. The maximum atomic E-state index is 12.7. The van der Waals surface area contributed by atoms with Gasteiger partial charge in [-0.25, -0.2) is 8.42 Å². The van der Waals surface area contributed by atoms with E-state index >= 15 is 0 Å². The Morgan fingerprint density at radius 1 is 1.43 bits per heavy atom. The third-order valence-electron chi connectivity index (χ3n) is 3.09. The molecule has 11 heteroatoms. The highest BCUT2D eigenvalue weighted by molar-refractivity contribution is 7.89. The Morgan fingerprint density at radius 2 is 2.05 bits per heavy atom. The highest BCUT2D eigenvalue weighted by Gasteiger charge is 2.46. The molecule has 120 valence electrons. The molecule has 0 amide bonds. The molecular weight excluding hydrogens is 335 g/mol. The van der Waals surface area contributed by atoms with Gasteiger partial charge in [0.25, 0.3) is 0 Å². The van der Waals surface area contributed by atoms with Crippen molar-refractivity contribution in [3.8, 4) is 0 Å². The van der Waals surface area contributed by atoms with E-state index in [1.165, 1.54) is 14.0 Å². The molecule has 0 saturated carbocycles. The van der Waals surface area contributed by atoms with E-state index < -0.39 is 28.8 Å². The molecule has 1 aliphatic heterocycles. The Morgan fingerprint density at radius 3 is 2.52 bits per heavy atom. The van der Waals surface area contributed by atoms with Gasteiger partial charge in [-0.05, 0) is 6.92 Å². The fraction of sp³-hybridized carbons (Fsp3) is 0.700. The van der Waals surface area contributed by atoms with Crippen molar-refractivity contribution in [2.45, 2.75) is 24.1 Å². The van der Waals surface area contributed by atoms with E-state index in [0.717, 1.165) is 8.99 Å². The number of aryl methyl sites for hydroxylation is 2. The van der Waals surface area contributed by atoms with Crippen LogP contribution in [-0.4, -0.2) is 54.5 Å². The number of halogens is 4. The zero-order valence-corrected chi connectivity index (χ0v) is 12.8. The fourth-order valence-electron chi connectivity index (χ4n) is 2.07. The van der Waals surface area contributed by atoms with Gasteiger partial charge in [-0.3, -0.25) is 4.68 Å². The lowest BCUT2D eigenvalue weighted by Crippen LogP contribution is -2.51. The summed E-state index contributed by atoms with van der Waals surface area (Å²) in [4.78, 5) is -0.269. The molecule has 1 fully saturated rings. The first-order valence-electron chi connectivity index (χ1n) is 5.92. The summed E-state index contributed by atoms with van der Waals surface area (Å²) < 4.78 is 69.5. The third-order valence-corrected chi connectivity index (χ3v) is 5.65. The number of alkyl halides is 3. The van der Waals surface area contributed by atoms with Gasteiger partial charge in [-0.1, -0.05) is 11.6 Å². The molecule has 0 spiro atoms. The van der Waals surface area contributed by atoms with E-state index in [4.69, 9.17) is 11.6 Å². The Balaban J connectivity index is 2.36. The first-order valence-corrected chi connectivity index (χ1v) is 7.74. The highest BCUT2D eigenvalue weighted by atomic mass is 35.5. The lowest BCUT2D eigenvalue weighted by atomic mass is 10.3. The lowest BCUT2D eigenvalue weighted by molar-refractivity contribution is -0.231. The lowest BCUT2D eigenvalue weighted by Gasteiger charge is -2.32. The first-order chi connectivity index (χ1) is 9.55. The molecule has 1 saturated heterocycles. The molecule has 1 aliphatic rings. The summed E-state index contributed by atoms with van der Waals surface area (Å²) in [6.45, 7) is 0.136. The van der Waals surface area contributed by atoms with Crippen LogP contribution in [0.25, 0.3) is 0 Å². The second-order valence-electron chi connectivity index (χ2n) is 4.59. The van der Waals surface area contributed by atoms with Gasteiger partial charge in [0.05, 0.1) is 12.3 Å². The van der Waals surface area contributed by atoms with Crippen molar-refractivity contribution in [1.82, 2.24) is 14.1 Å². The van der Waals surface area contributed by atoms with Crippen LogP contribution in [0.1, 0.15) is 5.69 Å². The molecule has 6 nitrogen and oxygen atoms in total. The smallest absolute Gasteiger partial charge is 0.366 e. The maximum absolute atomic E-state index is 12.7. The molecule has 2 heterocycles. The number of hydrogen-bond acceptors (Lipinski definition) is 4. The first kappa shape index (κ1) is 16.5. The minimum absolute atomic E-state index is 0.137. The predicted octanol–water partition coefficient (Wildman–Crippen LogP) is 1.33. The monoisotopic (exact) mass is 347 g/mol. The predicted molar refractivity (Wildman–Crippen MR) is 67.5 cm³/mol. The van der Waals surface area contributed by atoms with Crippen LogP contribution in [-0.2, 0) is 21.8 Å². The Bertz CT molecular complexity index is 644. The van der Waals surface area contributed by atoms with Crippen molar-refractivity contribution >= 4 is 21.6 Å². The molecule has 0 bridgehead atoms. The Kier molecular flexibility index (Phi) is 4.26. The Labute approximate surface area is 124 Å². The van der Waals surface area contributed by atoms with E-state index in [1.807, 2.05) is 0 Å². The van der Waals surface area contributed by atoms with Gasteiger partial charge in [-0.15, -0.1) is 0 Å². The summed E-state index contributed by atoms with van der Waals surface area (Å²) in [5, 5.41) is 3.73. The van der Waals surface area contributed by atoms with Crippen LogP contribution in [0.4, 0.5) is 13.2 Å². The summed E-state index contributed by atoms with van der Waals surface area (Å²) in [6, 6.07) is 0. The minimum Gasteiger partial charge on any atom is -0.366 e. The van der Waals surface area contributed by atoms with E-state index in [2.05, 4.69) is 9.84 Å². The second-order valence-corrected chi connectivity index (χ2v) is 6.83. The minimum atomic E-state index is -4.62. The molecule has 0 radical (unpaired) electrons. The van der Waals surface area contributed by atoms with Gasteiger partial charge in [0.1, 0.15) is 10.0 Å². The zero-order valence-electron chi connectivity index (χ0n) is 11.2. The van der Waals surface area contributed by atoms with Crippen molar-refractivity contribution in [2.24, 2.45) is 7.05 Å². The highest BCUT2D eigenvalue weighted by Crippen LogP contribution is 2.31. The molecule has 1 unspecified atom stereocenters. The molecule has 1 aromatic heterocycles. The topological polar surface area (TPSA) is 64.4 Å². The number of nitrogens with zero attached hydrogens (tertiary/aromatic N) is 3. The molecule has 0 aromatic carbocycles. The Hall–Kier alpha value is -0.840. The van der Waals surface area contributed by atoms with Gasteiger partial charge in [0.2, 0.25) is 10.0 Å². The van der Waals surface area contributed by atoms with E-state index in [9.17, 15) is 21.6 Å². The quantitative estimate of drug-likeness (QED) is 0.809. The van der Waals surface area contributed by atoms with Crippen molar-refractivity contribution in [3.63, 3.8) is 0 Å². The molecule has 0 aliphatic carbocycles. The van der Waals surface area contributed by atoms with Crippen LogP contribution in [0.2, 0.25) is 5.15 Å². The van der Waals surface area contributed by atoms with Gasteiger partial charge in [-0.2, -0.15) is 22.6 Å². The number of rotatable bonds is 2. The molecular formula is C10H13ClF3N3O3S. The summed E-state index contributed by atoms with van der Waals surface area (Å²) in [5.41, 5.74) is 0.137.